The van der Waals surface area contributed by atoms with E-state index in [1.807, 2.05) is 37.3 Å². The van der Waals surface area contributed by atoms with Crippen molar-refractivity contribution in [2.45, 2.75) is 26.4 Å². The molecular formula is C18H22N2O2. The van der Waals surface area contributed by atoms with Crippen molar-refractivity contribution < 1.29 is 9.90 Å². The van der Waals surface area contributed by atoms with Crippen LogP contribution >= 0.6 is 0 Å². The Morgan fingerprint density at radius 3 is 2.50 bits per heavy atom. The Hall–Kier alpha value is -2.20. The smallest absolute Gasteiger partial charge is 0.269 e. The van der Waals surface area contributed by atoms with E-state index in [2.05, 4.69) is 10.3 Å². The minimum Gasteiger partial charge on any atom is -0.393 e. The standard InChI is InChI=1S/C18H22N2O2/c1-14(21)18(2,12-15-8-4-3-5-9-15)13-20-17(22)16-10-6-7-11-19-16/h3-11,14,21H,12-13H2,1-2H3,(H,20,22)/t14-,18-/m0/s1. The van der Waals surface area contributed by atoms with Crippen molar-refractivity contribution in [3.05, 3.63) is 66.0 Å². The van der Waals surface area contributed by atoms with Crippen LogP contribution in [0.1, 0.15) is 29.9 Å². The number of pyridine rings is 1. The predicted molar refractivity (Wildman–Crippen MR) is 86.5 cm³/mol. The summed E-state index contributed by atoms with van der Waals surface area (Å²) in [5, 5.41) is 13.0. The first-order valence-electron chi connectivity index (χ1n) is 7.42. The van der Waals surface area contributed by atoms with E-state index in [-0.39, 0.29) is 5.91 Å². The van der Waals surface area contributed by atoms with E-state index in [1.165, 1.54) is 0 Å². The van der Waals surface area contributed by atoms with Crippen LogP contribution in [0.5, 0.6) is 0 Å². The van der Waals surface area contributed by atoms with Gasteiger partial charge in [-0.15, -0.1) is 0 Å². The highest BCUT2D eigenvalue weighted by Crippen LogP contribution is 2.26. The second kappa shape index (κ2) is 7.18. The molecule has 0 aliphatic heterocycles. The van der Waals surface area contributed by atoms with Gasteiger partial charge in [0.25, 0.3) is 5.91 Å². The van der Waals surface area contributed by atoms with Crippen LogP contribution in [0.2, 0.25) is 0 Å². The fourth-order valence-corrected chi connectivity index (χ4v) is 2.29. The summed E-state index contributed by atoms with van der Waals surface area (Å²) in [7, 11) is 0. The largest absolute Gasteiger partial charge is 0.393 e. The highest BCUT2D eigenvalue weighted by molar-refractivity contribution is 5.92. The Kier molecular flexibility index (Phi) is 5.28. The van der Waals surface area contributed by atoms with Crippen molar-refractivity contribution in [2.75, 3.05) is 6.54 Å². The van der Waals surface area contributed by atoms with Gasteiger partial charge >= 0.3 is 0 Å². The van der Waals surface area contributed by atoms with Crippen molar-refractivity contribution in [3.63, 3.8) is 0 Å². The number of carbonyl (C=O) groups excluding carboxylic acids is 1. The zero-order valence-corrected chi connectivity index (χ0v) is 13.0. The zero-order valence-electron chi connectivity index (χ0n) is 13.0. The van der Waals surface area contributed by atoms with E-state index < -0.39 is 11.5 Å². The second-order valence-electron chi connectivity index (χ2n) is 5.89. The van der Waals surface area contributed by atoms with Gasteiger partial charge in [0.15, 0.2) is 0 Å². The first-order chi connectivity index (χ1) is 10.5. The summed E-state index contributed by atoms with van der Waals surface area (Å²) in [6.45, 7) is 4.12. The maximum Gasteiger partial charge on any atom is 0.269 e. The monoisotopic (exact) mass is 298 g/mol. The molecule has 0 radical (unpaired) electrons. The minimum absolute atomic E-state index is 0.222. The van der Waals surface area contributed by atoms with Crippen LogP contribution in [-0.4, -0.2) is 28.6 Å². The lowest BCUT2D eigenvalue weighted by Crippen LogP contribution is -2.44. The van der Waals surface area contributed by atoms with Crippen molar-refractivity contribution in [1.82, 2.24) is 10.3 Å². The third-order valence-electron chi connectivity index (χ3n) is 4.01. The lowest BCUT2D eigenvalue weighted by atomic mass is 9.79. The van der Waals surface area contributed by atoms with E-state index in [0.717, 1.165) is 5.56 Å². The van der Waals surface area contributed by atoms with Crippen LogP contribution in [0.3, 0.4) is 0 Å². The molecule has 1 amide bonds. The van der Waals surface area contributed by atoms with Crippen LogP contribution in [0, 0.1) is 5.41 Å². The van der Waals surface area contributed by atoms with Crippen molar-refractivity contribution >= 4 is 5.91 Å². The van der Waals surface area contributed by atoms with Gasteiger partial charge in [-0.3, -0.25) is 9.78 Å². The van der Waals surface area contributed by atoms with E-state index in [0.29, 0.717) is 18.7 Å². The molecule has 2 rings (SSSR count). The Bertz CT molecular complexity index is 599. The van der Waals surface area contributed by atoms with Crippen molar-refractivity contribution in [1.29, 1.82) is 0 Å². The molecule has 22 heavy (non-hydrogen) atoms. The fraction of sp³-hybridized carbons (Fsp3) is 0.333. The number of rotatable bonds is 6. The Morgan fingerprint density at radius 1 is 1.23 bits per heavy atom. The number of nitrogens with one attached hydrogen (secondary N) is 1. The van der Waals surface area contributed by atoms with E-state index in [1.54, 1.807) is 31.3 Å². The van der Waals surface area contributed by atoms with Gasteiger partial charge < -0.3 is 10.4 Å². The summed E-state index contributed by atoms with van der Waals surface area (Å²) in [5.74, 6) is -0.222. The lowest BCUT2D eigenvalue weighted by molar-refractivity contribution is 0.0499. The molecule has 116 valence electrons. The lowest BCUT2D eigenvalue weighted by Gasteiger charge is -2.33. The van der Waals surface area contributed by atoms with Crippen LogP contribution in [0.4, 0.5) is 0 Å². The van der Waals surface area contributed by atoms with Gasteiger partial charge in [0.2, 0.25) is 0 Å². The molecule has 4 heteroatoms. The number of hydrogen-bond donors (Lipinski definition) is 2. The number of amides is 1. The molecule has 0 spiro atoms. The SMILES string of the molecule is C[C@H](O)[C@](C)(CNC(=O)c1ccccn1)Cc1ccccc1. The summed E-state index contributed by atoms with van der Waals surface area (Å²) in [5.41, 5.74) is 1.08. The molecule has 2 aromatic rings. The van der Waals surface area contributed by atoms with Gasteiger partial charge in [0.05, 0.1) is 6.10 Å². The van der Waals surface area contributed by atoms with Crippen LogP contribution in [-0.2, 0) is 6.42 Å². The zero-order chi connectivity index (χ0) is 16.0. The van der Waals surface area contributed by atoms with Crippen LogP contribution in [0.25, 0.3) is 0 Å². The van der Waals surface area contributed by atoms with Gasteiger partial charge in [-0.25, -0.2) is 0 Å². The third kappa shape index (κ3) is 4.15. The molecule has 0 bridgehead atoms. The fourth-order valence-electron chi connectivity index (χ4n) is 2.29. The molecule has 2 N–H and O–H groups in total. The summed E-state index contributed by atoms with van der Waals surface area (Å²) < 4.78 is 0. The van der Waals surface area contributed by atoms with E-state index in [4.69, 9.17) is 0 Å². The highest BCUT2D eigenvalue weighted by Gasteiger charge is 2.31. The highest BCUT2D eigenvalue weighted by atomic mass is 16.3. The summed E-state index contributed by atoms with van der Waals surface area (Å²) >= 11 is 0. The van der Waals surface area contributed by atoms with Crippen molar-refractivity contribution in [3.8, 4) is 0 Å². The van der Waals surface area contributed by atoms with Gasteiger partial charge in [0.1, 0.15) is 5.69 Å². The maximum absolute atomic E-state index is 12.1. The quantitative estimate of drug-likeness (QED) is 0.861. The third-order valence-corrected chi connectivity index (χ3v) is 4.01. The van der Waals surface area contributed by atoms with E-state index >= 15 is 0 Å². The molecule has 4 nitrogen and oxygen atoms in total. The Labute approximate surface area is 131 Å². The van der Waals surface area contributed by atoms with Crippen LogP contribution in [0.15, 0.2) is 54.7 Å². The molecule has 1 aromatic heterocycles. The van der Waals surface area contributed by atoms with Crippen molar-refractivity contribution in [2.24, 2.45) is 5.41 Å². The molecule has 0 saturated heterocycles. The number of aliphatic hydroxyl groups excluding tert-OH is 1. The van der Waals surface area contributed by atoms with Gasteiger partial charge in [-0.1, -0.05) is 43.3 Å². The first kappa shape index (κ1) is 16.2. The summed E-state index contributed by atoms with van der Waals surface area (Å²) in [6, 6.07) is 15.2. The Morgan fingerprint density at radius 2 is 1.91 bits per heavy atom. The topological polar surface area (TPSA) is 62.2 Å². The number of aliphatic hydroxyl groups is 1. The number of nitrogens with zero attached hydrogens (tertiary/aromatic N) is 1. The molecular weight excluding hydrogens is 276 g/mol. The average Bonchev–Trinajstić information content (AvgIpc) is 2.54. The van der Waals surface area contributed by atoms with Crippen LogP contribution < -0.4 is 5.32 Å². The van der Waals surface area contributed by atoms with E-state index in [9.17, 15) is 9.90 Å². The molecule has 1 aromatic carbocycles. The molecule has 2 atom stereocenters. The number of carbonyl (C=O) groups is 1. The summed E-state index contributed by atoms with van der Waals surface area (Å²) in [6.07, 6.45) is 1.73. The van der Waals surface area contributed by atoms with Gasteiger partial charge in [-0.05, 0) is 31.0 Å². The number of benzene rings is 1. The molecule has 0 fully saturated rings. The number of hydrogen-bond acceptors (Lipinski definition) is 3. The number of aromatic nitrogens is 1. The predicted octanol–water partition coefficient (Wildman–Crippen LogP) is 2.44. The summed E-state index contributed by atoms with van der Waals surface area (Å²) in [4.78, 5) is 16.1. The molecule has 0 aliphatic carbocycles. The maximum atomic E-state index is 12.1. The minimum atomic E-state index is -0.545. The molecule has 0 saturated carbocycles. The van der Waals surface area contributed by atoms with Gasteiger partial charge in [0, 0.05) is 18.2 Å². The Balaban J connectivity index is 2.04. The second-order valence-corrected chi connectivity index (χ2v) is 5.89. The van der Waals surface area contributed by atoms with Gasteiger partial charge in [-0.2, -0.15) is 0 Å². The first-order valence-corrected chi connectivity index (χ1v) is 7.42. The molecule has 0 unspecified atom stereocenters. The molecule has 0 aliphatic rings. The average molecular weight is 298 g/mol. The molecule has 1 heterocycles. The normalized spacial score (nSPS) is 14.9.